The van der Waals surface area contributed by atoms with Gasteiger partial charge in [0.05, 0.1) is 11.8 Å². The molecule has 0 heterocycles. The molecule has 0 aliphatic rings. The Balaban J connectivity index is 2.37. The van der Waals surface area contributed by atoms with Gasteiger partial charge in [0.1, 0.15) is 0 Å². The maximum Gasteiger partial charge on any atom is 0.237 e. The van der Waals surface area contributed by atoms with E-state index in [1.807, 2.05) is 30.3 Å². The van der Waals surface area contributed by atoms with Crippen LogP contribution in [0.25, 0.3) is 0 Å². The van der Waals surface area contributed by atoms with Gasteiger partial charge in [-0.3, -0.25) is 4.79 Å². The molecule has 0 radical (unpaired) electrons. The number of nitrogens with two attached hydrogens (primary N) is 1. The Morgan fingerprint density at radius 3 is 2.53 bits per heavy atom. The largest absolute Gasteiger partial charge is 0.354 e. The van der Waals surface area contributed by atoms with Crippen LogP contribution < -0.4 is 11.1 Å². The predicted octanol–water partition coefficient (Wildman–Crippen LogP) is 0.107. The number of hydrogen-bond donors (Lipinski definition) is 2. The number of rotatable bonds is 7. The summed E-state index contributed by atoms with van der Waals surface area (Å²) in [6, 6.07) is 8.79. The molecule has 5 nitrogen and oxygen atoms in total. The van der Waals surface area contributed by atoms with Crippen molar-refractivity contribution in [1.82, 2.24) is 5.32 Å². The summed E-state index contributed by atoms with van der Waals surface area (Å²) < 4.78 is 22.5. The summed E-state index contributed by atoms with van der Waals surface area (Å²) in [6.45, 7) is 1.69. The molecule has 1 rings (SSSR count). The maximum absolute atomic E-state index is 11.7. The second-order valence-electron chi connectivity index (χ2n) is 4.32. The normalized spacial score (nSPS) is 12.9. The Morgan fingerprint density at radius 2 is 1.95 bits per heavy atom. The van der Waals surface area contributed by atoms with Crippen molar-refractivity contribution < 1.29 is 13.2 Å². The van der Waals surface area contributed by atoms with E-state index in [1.54, 1.807) is 6.92 Å². The Labute approximate surface area is 114 Å². The smallest absolute Gasteiger partial charge is 0.237 e. The number of nitrogens with one attached hydrogen (secondary N) is 1. The van der Waals surface area contributed by atoms with Gasteiger partial charge in [-0.15, -0.1) is 0 Å². The van der Waals surface area contributed by atoms with Crippen LogP contribution >= 0.6 is 0 Å². The van der Waals surface area contributed by atoms with Crippen LogP contribution in [0.1, 0.15) is 12.5 Å². The van der Waals surface area contributed by atoms with Crippen molar-refractivity contribution >= 4 is 15.7 Å². The fourth-order valence-electron chi connectivity index (χ4n) is 1.57. The SMILES string of the molecule is CCS(=O)(=O)CCNC(=O)[C@@H](N)Cc1ccccc1. The Morgan fingerprint density at radius 1 is 1.32 bits per heavy atom. The number of benzene rings is 1. The lowest BCUT2D eigenvalue weighted by molar-refractivity contribution is -0.122. The van der Waals surface area contributed by atoms with Crippen LogP contribution in [-0.2, 0) is 21.1 Å². The van der Waals surface area contributed by atoms with Gasteiger partial charge >= 0.3 is 0 Å². The first-order valence-electron chi connectivity index (χ1n) is 6.22. The van der Waals surface area contributed by atoms with E-state index in [-0.39, 0.29) is 24.0 Å². The Kier molecular flexibility index (Phi) is 5.98. The van der Waals surface area contributed by atoms with E-state index in [0.717, 1.165) is 5.56 Å². The van der Waals surface area contributed by atoms with Crippen LogP contribution in [0, 0.1) is 0 Å². The molecule has 1 aromatic rings. The van der Waals surface area contributed by atoms with E-state index < -0.39 is 15.9 Å². The molecule has 19 heavy (non-hydrogen) atoms. The summed E-state index contributed by atoms with van der Waals surface area (Å²) in [7, 11) is -3.06. The molecule has 0 unspecified atom stereocenters. The number of hydrogen-bond acceptors (Lipinski definition) is 4. The minimum Gasteiger partial charge on any atom is -0.354 e. The standard InChI is InChI=1S/C13H20N2O3S/c1-2-19(17,18)9-8-15-13(16)12(14)10-11-6-4-3-5-7-11/h3-7,12H,2,8-10,14H2,1H3,(H,15,16)/t12-/m0/s1. The number of carbonyl (C=O) groups excluding carboxylic acids is 1. The van der Waals surface area contributed by atoms with E-state index in [0.29, 0.717) is 6.42 Å². The lowest BCUT2D eigenvalue weighted by Gasteiger charge is -2.12. The molecule has 0 saturated heterocycles. The number of amides is 1. The third kappa shape index (κ3) is 5.85. The van der Waals surface area contributed by atoms with Crippen molar-refractivity contribution in [2.75, 3.05) is 18.1 Å². The van der Waals surface area contributed by atoms with E-state index in [2.05, 4.69) is 5.32 Å². The van der Waals surface area contributed by atoms with E-state index in [1.165, 1.54) is 0 Å². The van der Waals surface area contributed by atoms with Crippen molar-refractivity contribution in [3.63, 3.8) is 0 Å². The zero-order valence-corrected chi connectivity index (χ0v) is 11.8. The minimum absolute atomic E-state index is 0.0483. The van der Waals surface area contributed by atoms with Gasteiger partial charge in [-0.05, 0) is 12.0 Å². The molecule has 1 aromatic carbocycles. The summed E-state index contributed by atoms with van der Waals surface area (Å²) in [6.07, 6.45) is 0.438. The molecule has 0 saturated carbocycles. The number of carbonyl (C=O) groups is 1. The fourth-order valence-corrected chi connectivity index (χ4v) is 2.27. The van der Waals surface area contributed by atoms with Crippen molar-refractivity contribution in [2.24, 2.45) is 5.73 Å². The third-order valence-electron chi connectivity index (χ3n) is 2.79. The molecular formula is C13H20N2O3S. The summed E-state index contributed by atoms with van der Waals surface area (Å²) in [5.74, 6) is -0.290. The highest BCUT2D eigenvalue weighted by Gasteiger charge is 2.14. The molecule has 0 aliphatic heterocycles. The third-order valence-corrected chi connectivity index (χ3v) is 4.49. The van der Waals surface area contributed by atoms with E-state index in [4.69, 9.17) is 5.73 Å². The molecule has 1 amide bonds. The van der Waals surface area contributed by atoms with E-state index in [9.17, 15) is 13.2 Å². The molecule has 1 atom stereocenters. The van der Waals surface area contributed by atoms with Crippen molar-refractivity contribution in [2.45, 2.75) is 19.4 Å². The van der Waals surface area contributed by atoms with Crippen molar-refractivity contribution in [3.8, 4) is 0 Å². The summed E-state index contributed by atoms with van der Waals surface area (Å²) in [5, 5.41) is 2.55. The van der Waals surface area contributed by atoms with Gasteiger partial charge < -0.3 is 11.1 Å². The highest BCUT2D eigenvalue weighted by molar-refractivity contribution is 7.91. The van der Waals surface area contributed by atoms with Gasteiger partial charge in [0, 0.05) is 12.3 Å². The average Bonchev–Trinajstić information content (AvgIpc) is 2.39. The minimum atomic E-state index is -3.06. The van der Waals surface area contributed by atoms with Gasteiger partial charge in [0.25, 0.3) is 0 Å². The average molecular weight is 284 g/mol. The van der Waals surface area contributed by atoms with Gasteiger partial charge in [-0.2, -0.15) is 0 Å². The number of sulfone groups is 1. The second kappa shape index (κ2) is 7.25. The lowest BCUT2D eigenvalue weighted by atomic mass is 10.1. The fraction of sp³-hybridized carbons (Fsp3) is 0.462. The second-order valence-corrected chi connectivity index (χ2v) is 6.80. The molecule has 0 aliphatic carbocycles. The highest BCUT2D eigenvalue weighted by atomic mass is 32.2. The maximum atomic E-state index is 11.7. The van der Waals surface area contributed by atoms with Crippen LogP contribution in [0.15, 0.2) is 30.3 Å². The summed E-state index contributed by atoms with van der Waals surface area (Å²) in [5.41, 5.74) is 6.75. The Bertz CT molecular complexity index is 500. The monoisotopic (exact) mass is 284 g/mol. The van der Waals surface area contributed by atoms with Crippen LogP contribution in [0.5, 0.6) is 0 Å². The zero-order chi connectivity index (χ0) is 14.3. The van der Waals surface area contributed by atoms with Crippen LogP contribution in [0.2, 0.25) is 0 Å². The molecule has 0 aromatic heterocycles. The molecule has 106 valence electrons. The van der Waals surface area contributed by atoms with Gasteiger partial charge in [-0.1, -0.05) is 37.3 Å². The Hall–Kier alpha value is -1.40. The summed E-state index contributed by atoms with van der Waals surface area (Å²) in [4.78, 5) is 11.7. The first kappa shape index (κ1) is 15.7. The quantitative estimate of drug-likeness (QED) is 0.743. The summed E-state index contributed by atoms with van der Waals surface area (Å²) >= 11 is 0. The molecule has 0 spiro atoms. The zero-order valence-electron chi connectivity index (χ0n) is 11.0. The van der Waals surface area contributed by atoms with Crippen LogP contribution in [0.3, 0.4) is 0 Å². The van der Waals surface area contributed by atoms with Crippen molar-refractivity contribution in [1.29, 1.82) is 0 Å². The molecule has 3 N–H and O–H groups in total. The van der Waals surface area contributed by atoms with Crippen LogP contribution in [0.4, 0.5) is 0 Å². The predicted molar refractivity (Wildman–Crippen MR) is 75.5 cm³/mol. The molecule has 0 bridgehead atoms. The van der Waals surface area contributed by atoms with E-state index >= 15 is 0 Å². The highest BCUT2D eigenvalue weighted by Crippen LogP contribution is 2.01. The topological polar surface area (TPSA) is 89.3 Å². The van der Waals surface area contributed by atoms with Gasteiger partial charge in [-0.25, -0.2) is 8.42 Å². The molecule has 0 fully saturated rings. The first-order valence-corrected chi connectivity index (χ1v) is 8.04. The molecule has 6 heteroatoms. The lowest BCUT2D eigenvalue weighted by Crippen LogP contribution is -2.43. The molecular weight excluding hydrogens is 264 g/mol. The first-order chi connectivity index (χ1) is 8.94. The van der Waals surface area contributed by atoms with Crippen LogP contribution in [-0.4, -0.2) is 38.4 Å². The van der Waals surface area contributed by atoms with Crippen molar-refractivity contribution in [3.05, 3.63) is 35.9 Å². The van der Waals surface area contributed by atoms with Gasteiger partial charge in [0.2, 0.25) is 5.91 Å². The van der Waals surface area contributed by atoms with Gasteiger partial charge in [0.15, 0.2) is 9.84 Å².